The van der Waals surface area contributed by atoms with Crippen LogP contribution in [0.25, 0.3) is 0 Å². The molecule has 0 aromatic carbocycles. The maximum absolute atomic E-state index is 12.1. The number of nitrogens with one attached hydrogen (secondary N) is 1. The largest absolute Gasteiger partial charge is 0.467 e. The number of amides is 1. The predicted molar refractivity (Wildman–Crippen MR) is 104 cm³/mol. The minimum Gasteiger partial charge on any atom is -0.467 e. The van der Waals surface area contributed by atoms with Crippen LogP contribution in [0.15, 0.2) is 28.0 Å². The number of thioether (sulfide) groups is 1. The normalized spacial score (nSPS) is 14.5. The standard InChI is InChI=1S/C18H27N5O3S/c1-25-11-6-8-19-16(24)14-27-18-21-20-17(22-9-3-2-4-10-22)23(18)13-15-7-5-12-26-15/h5,7,12H,2-4,6,8-11,13-14H2,1H3,(H,19,24). The molecule has 1 amide bonds. The van der Waals surface area contributed by atoms with Crippen molar-refractivity contribution in [3.8, 4) is 0 Å². The molecule has 0 radical (unpaired) electrons. The Morgan fingerprint density at radius 3 is 2.93 bits per heavy atom. The van der Waals surface area contributed by atoms with Gasteiger partial charge in [0.2, 0.25) is 11.9 Å². The van der Waals surface area contributed by atoms with Gasteiger partial charge < -0.3 is 19.4 Å². The molecule has 0 spiro atoms. The second-order valence-corrected chi connectivity index (χ2v) is 7.42. The Hall–Kier alpha value is -2.00. The van der Waals surface area contributed by atoms with Crippen molar-refractivity contribution in [3.63, 3.8) is 0 Å². The number of hydrogen-bond donors (Lipinski definition) is 1. The summed E-state index contributed by atoms with van der Waals surface area (Å²) in [6.45, 7) is 3.79. The highest BCUT2D eigenvalue weighted by molar-refractivity contribution is 7.99. The van der Waals surface area contributed by atoms with Gasteiger partial charge in [-0.3, -0.25) is 9.36 Å². The fraction of sp³-hybridized carbons (Fsp3) is 0.611. The molecule has 1 saturated heterocycles. The summed E-state index contributed by atoms with van der Waals surface area (Å²) in [4.78, 5) is 14.3. The Morgan fingerprint density at radius 1 is 1.33 bits per heavy atom. The minimum atomic E-state index is -0.0109. The molecule has 0 bridgehead atoms. The fourth-order valence-corrected chi connectivity index (χ4v) is 3.80. The lowest BCUT2D eigenvalue weighted by Gasteiger charge is -2.27. The summed E-state index contributed by atoms with van der Waals surface area (Å²) in [6.07, 6.45) is 6.06. The van der Waals surface area contributed by atoms with Gasteiger partial charge in [0.05, 0.1) is 18.6 Å². The van der Waals surface area contributed by atoms with Gasteiger partial charge >= 0.3 is 0 Å². The number of carbonyl (C=O) groups is 1. The van der Waals surface area contributed by atoms with E-state index in [1.807, 2.05) is 16.7 Å². The van der Waals surface area contributed by atoms with Crippen LogP contribution in [0.4, 0.5) is 5.95 Å². The van der Waals surface area contributed by atoms with Gasteiger partial charge in [0.25, 0.3) is 0 Å². The number of carbonyl (C=O) groups excluding carboxylic acids is 1. The molecule has 3 heterocycles. The van der Waals surface area contributed by atoms with Crippen molar-refractivity contribution < 1.29 is 13.9 Å². The molecule has 1 fully saturated rings. The number of nitrogens with zero attached hydrogens (tertiary/aromatic N) is 4. The van der Waals surface area contributed by atoms with Crippen molar-refractivity contribution in [3.05, 3.63) is 24.2 Å². The average Bonchev–Trinajstić information content (AvgIpc) is 3.35. The molecule has 27 heavy (non-hydrogen) atoms. The van der Waals surface area contributed by atoms with Gasteiger partial charge in [-0.1, -0.05) is 11.8 Å². The van der Waals surface area contributed by atoms with Gasteiger partial charge in [0.1, 0.15) is 5.76 Å². The van der Waals surface area contributed by atoms with Gasteiger partial charge in [-0.2, -0.15) is 0 Å². The number of furan rings is 1. The molecule has 3 rings (SSSR count). The zero-order valence-electron chi connectivity index (χ0n) is 15.7. The third-order valence-electron chi connectivity index (χ3n) is 4.41. The number of piperidine rings is 1. The van der Waals surface area contributed by atoms with E-state index in [-0.39, 0.29) is 5.91 Å². The van der Waals surface area contributed by atoms with Crippen LogP contribution in [0.2, 0.25) is 0 Å². The molecule has 2 aromatic rings. The van der Waals surface area contributed by atoms with E-state index in [0.717, 1.165) is 36.4 Å². The SMILES string of the molecule is COCCCNC(=O)CSc1nnc(N2CCCCC2)n1Cc1ccco1. The lowest BCUT2D eigenvalue weighted by atomic mass is 10.1. The van der Waals surface area contributed by atoms with Gasteiger partial charge in [-0.15, -0.1) is 10.2 Å². The number of methoxy groups -OCH3 is 1. The fourth-order valence-electron chi connectivity index (χ4n) is 3.04. The molecular formula is C18H27N5O3S. The van der Waals surface area contributed by atoms with Crippen LogP contribution in [-0.4, -0.2) is 59.8 Å². The van der Waals surface area contributed by atoms with Crippen LogP contribution >= 0.6 is 11.8 Å². The zero-order chi connectivity index (χ0) is 18.9. The summed E-state index contributed by atoms with van der Waals surface area (Å²) < 4.78 is 12.5. The van der Waals surface area contributed by atoms with E-state index in [1.165, 1.54) is 31.0 Å². The molecule has 0 saturated carbocycles. The van der Waals surface area contributed by atoms with Crippen molar-refractivity contribution in [1.82, 2.24) is 20.1 Å². The minimum absolute atomic E-state index is 0.0109. The van der Waals surface area contributed by atoms with Crippen LogP contribution < -0.4 is 10.2 Å². The summed E-state index contributed by atoms with van der Waals surface area (Å²) in [5.41, 5.74) is 0. The third-order valence-corrected chi connectivity index (χ3v) is 5.38. The number of hydrogen-bond acceptors (Lipinski definition) is 7. The zero-order valence-corrected chi connectivity index (χ0v) is 16.5. The Morgan fingerprint density at radius 2 is 2.19 bits per heavy atom. The number of anilines is 1. The first-order valence-electron chi connectivity index (χ1n) is 9.37. The van der Waals surface area contributed by atoms with E-state index in [2.05, 4.69) is 20.4 Å². The average molecular weight is 394 g/mol. The van der Waals surface area contributed by atoms with Crippen molar-refractivity contribution in [2.24, 2.45) is 0 Å². The summed E-state index contributed by atoms with van der Waals surface area (Å²) in [7, 11) is 1.66. The van der Waals surface area contributed by atoms with E-state index in [9.17, 15) is 4.79 Å². The van der Waals surface area contributed by atoms with E-state index in [4.69, 9.17) is 9.15 Å². The lowest BCUT2D eigenvalue weighted by Crippen LogP contribution is -2.32. The second-order valence-electron chi connectivity index (χ2n) is 6.48. The summed E-state index contributed by atoms with van der Waals surface area (Å²) in [5.74, 6) is 2.00. The summed E-state index contributed by atoms with van der Waals surface area (Å²) >= 11 is 1.40. The Labute approximate surface area is 163 Å². The maximum atomic E-state index is 12.1. The molecule has 8 nitrogen and oxygen atoms in total. The molecular weight excluding hydrogens is 366 g/mol. The maximum Gasteiger partial charge on any atom is 0.230 e. The van der Waals surface area contributed by atoms with E-state index >= 15 is 0 Å². The van der Waals surface area contributed by atoms with Crippen molar-refractivity contribution in [2.45, 2.75) is 37.4 Å². The van der Waals surface area contributed by atoms with Crippen LogP contribution in [0.3, 0.4) is 0 Å². The highest BCUT2D eigenvalue weighted by Crippen LogP contribution is 2.25. The number of aromatic nitrogens is 3. The van der Waals surface area contributed by atoms with Crippen LogP contribution in [0.5, 0.6) is 0 Å². The van der Waals surface area contributed by atoms with Gasteiger partial charge in [-0.25, -0.2) is 0 Å². The third kappa shape index (κ3) is 5.74. The molecule has 148 valence electrons. The highest BCUT2D eigenvalue weighted by atomic mass is 32.2. The molecule has 1 N–H and O–H groups in total. The molecule has 0 atom stereocenters. The van der Waals surface area contributed by atoms with Crippen LogP contribution in [0, 0.1) is 0 Å². The Balaban J connectivity index is 1.64. The van der Waals surface area contributed by atoms with Crippen LogP contribution in [0.1, 0.15) is 31.4 Å². The van der Waals surface area contributed by atoms with E-state index < -0.39 is 0 Å². The molecule has 9 heteroatoms. The van der Waals surface area contributed by atoms with Crippen molar-refractivity contribution in [1.29, 1.82) is 0 Å². The molecule has 1 aliphatic rings. The molecule has 0 unspecified atom stereocenters. The highest BCUT2D eigenvalue weighted by Gasteiger charge is 2.21. The first-order valence-corrected chi connectivity index (χ1v) is 10.4. The topological polar surface area (TPSA) is 85.4 Å². The number of rotatable bonds is 10. The van der Waals surface area contributed by atoms with E-state index in [1.54, 1.807) is 13.4 Å². The lowest BCUT2D eigenvalue weighted by molar-refractivity contribution is -0.118. The Bertz CT molecular complexity index is 698. The molecule has 2 aromatic heterocycles. The van der Waals surface area contributed by atoms with Crippen molar-refractivity contribution >= 4 is 23.6 Å². The smallest absolute Gasteiger partial charge is 0.230 e. The van der Waals surface area contributed by atoms with Gasteiger partial charge in [0, 0.05) is 33.4 Å². The van der Waals surface area contributed by atoms with E-state index in [0.29, 0.717) is 25.4 Å². The molecule has 1 aliphatic heterocycles. The first-order chi connectivity index (χ1) is 13.3. The van der Waals surface area contributed by atoms with Gasteiger partial charge in [0.15, 0.2) is 5.16 Å². The monoisotopic (exact) mass is 393 g/mol. The first kappa shape index (κ1) is 19.8. The number of ether oxygens (including phenoxy) is 1. The van der Waals surface area contributed by atoms with Gasteiger partial charge in [-0.05, 0) is 37.8 Å². The molecule has 0 aliphatic carbocycles. The predicted octanol–water partition coefficient (Wildman–Crippen LogP) is 2.15. The second kappa shape index (κ2) is 10.4. The quantitative estimate of drug-likeness (QED) is 0.489. The summed E-state index contributed by atoms with van der Waals surface area (Å²) in [5, 5.41) is 12.4. The van der Waals surface area contributed by atoms with Crippen molar-refractivity contribution in [2.75, 3.05) is 44.0 Å². The Kier molecular flexibility index (Phi) is 7.58. The van der Waals surface area contributed by atoms with Crippen LogP contribution in [-0.2, 0) is 16.1 Å². The summed E-state index contributed by atoms with van der Waals surface area (Å²) in [6, 6.07) is 3.82.